The van der Waals surface area contributed by atoms with Crippen molar-refractivity contribution in [1.29, 1.82) is 0 Å². The molecule has 0 aliphatic heterocycles. The predicted octanol–water partition coefficient (Wildman–Crippen LogP) is 2.56. The van der Waals surface area contributed by atoms with Crippen molar-refractivity contribution >= 4 is 26.6 Å². The highest BCUT2D eigenvalue weighted by Crippen LogP contribution is 2.23. The van der Waals surface area contributed by atoms with E-state index in [-0.39, 0.29) is 4.90 Å². The fraction of sp³-hybridized carbons (Fsp3) is 0.200. The van der Waals surface area contributed by atoms with E-state index in [1.807, 2.05) is 26.0 Å². The first kappa shape index (κ1) is 14.5. The first-order chi connectivity index (χ1) is 10.5. The second-order valence-corrected chi connectivity index (χ2v) is 6.68. The molecule has 2 aromatic heterocycles. The van der Waals surface area contributed by atoms with E-state index in [1.165, 1.54) is 6.20 Å². The molecular weight excluding hydrogens is 300 g/mol. The lowest BCUT2D eigenvalue weighted by molar-refractivity contribution is 0.602. The number of hydrogen-bond donors (Lipinski definition) is 1. The van der Waals surface area contributed by atoms with Gasteiger partial charge in [0.2, 0.25) is 0 Å². The van der Waals surface area contributed by atoms with Gasteiger partial charge < -0.3 is 0 Å². The Labute approximate surface area is 128 Å². The third-order valence-electron chi connectivity index (χ3n) is 3.31. The molecule has 0 spiro atoms. The molecule has 0 saturated carbocycles. The van der Waals surface area contributed by atoms with Crippen molar-refractivity contribution in [3.63, 3.8) is 0 Å². The summed E-state index contributed by atoms with van der Waals surface area (Å²) in [7, 11) is -3.71. The van der Waals surface area contributed by atoms with Crippen molar-refractivity contribution in [1.82, 2.24) is 14.8 Å². The normalized spacial score (nSPS) is 11.7. The van der Waals surface area contributed by atoms with Gasteiger partial charge in [-0.25, -0.2) is 8.42 Å². The van der Waals surface area contributed by atoms with Gasteiger partial charge in [-0.05, 0) is 31.5 Å². The van der Waals surface area contributed by atoms with Gasteiger partial charge in [0.1, 0.15) is 4.90 Å². The summed E-state index contributed by atoms with van der Waals surface area (Å²) in [5.74, 6) is 0. The van der Waals surface area contributed by atoms with E-state index in [4.69, 9.17) is 0 Å². The SMILES string of the molecule is CCn1cc(NS(=O)(=O)c2cccc3cc(C)cnc23)cn1. The van der Waals surface area contributed by atoms with Gasteiger partial charge in [-0.1, -0.05) is 12.1 Å². The van der Waals surface area contributed by atoms with Crippen LogP contribution in [0.4, 0.5) is 5.69 Å². The number of nitrogens with one attached hydrogen (secondary N) is 1. The van der Waals surface area contributed by atoms with Crippen LogP contribution in [0, 0.1) is 6.92 Å². The van der Waals surface area contributed by atoms with Crippen LogP contribution in [0.25, 0.3) is 10.9 Å². The molecule has 0 unspecified atom stereocenters. The minimum absolute atomic E-state index is 0.161. The second kappa shape index (κ2) is 5.42. The standard InChI is InChI=1S/C15H16N4O2S/c1-3-19-10-13(9-17-19)18-22(20,21)14-6-4-5-12-7-11(2)8-16-15(12)14/h4-10,18H,3H2,1-2H3. The predicted molar refractivity (Wildman–Crippen MR) is 85.2 cm³/mol. The molecule has 0 aliphatic carbocycles. The Morgan fingerprint density at radius 1 is 1.27 bits per heavy atom. The van der Waals surface area contributed by atoms with Gasteiger partial charge in [-0.2, -0.15) is 5.10 Å². The Hall–Kier alpha value is -2.41. The van der Waals surface area contributed by atoms with Crippen molar-refractivity contribution in [3.8, 4) is 0 Å². The second-order valence-electron chi connectivity index (χ2n) is 5.03. The highest BCUT2D eigenvalue weighted by Gasteiger charge is 2.19. The number of pyridine rings is 1. The minimum atomic E-state index is -3.71. The zero-order valence-electron chi connectivity index (χ0n) is 12.3. The fourth-order valence-electron chi connectivity index (χ4n) is 2.26. The Balaban J connectivity index is 2.05. The summed E-state index contributed by atoms with van der Waals surface area (Å²) < 4.78 is 29.4. The van der Waals surface area contributed by atoms with E-state index in [0.717, 1.165) is 10.9 Å². The third-order valence-corrected chi connectivity index (χ3v) is 4.72. The van der Waals surface area contributed by atoms with Crippen LogP contribution in [0.15, 0.2) is 47.8 Å². The maximum absolute atomic E-state index is 12.6. The molecule has 22 heavy (non-hydrogen) atoms. The molecule has 7 heteroatoms. The molecule has 0 saturated heterocycles. The summed E-state index contributed by atoms with van der Waals surface area (Å²) in [5.41, 5.74) is 1.88. The molecule has 0 fully saturated rings. The van der Waals surface area contributed by atoms with Crippen molar-refractivity contribution < 1.29 is 8.42 Å². The van der Waals surface area contributed by atoms with Gasteiger partial charge in [-0.3, -0.25) is 14.4 Å². The number of benzene rings is 1. The quantitative estimate of drug-likeness (QED) is 0.802. The van der Waals surface area contributed by atoms with Crippen LogP contribution in [-0.4, -0.2) is 23.2 Å². The smallest absolute Gasteiger partial charge is 0.264 e. The molecule has 114 valence electrons. The molecule has 1 aromatic carbocycles. The monoisotopic (exact) mass is 316 g/mol. The van der Waals surface area contributed by atoms with Crippen LogP contribution in [-0.2, 0) is 16.6 Å². The largest absolute Gasteiger partial charge is 0.276 e. The lowest BCUT2D eigenvalue weighted by atomic mass is 10.2. The van der Waals surface area contributed by atoms with Crippen LogP contribution >= 0.6 is 0 Å². The van der Waals surface area contributed by atoms with Gasteiger partial charge in [-0.15, -0.1) is 0 Å². The van der Waals surface area contributed by atoms with E-state index < -0.39 is 10.0 Å². The number of sulfonamides is 1. The van der Waals surface area contributed by atoms with Crippen molar-refractivity contribution in [2.45, 2.75) is 25.3 Å². The highest BCUT2D eigenvalue weighted by atomic mass is 32.2. The summed E-state index contributed by atoms with van der Waals surface area (Å²) in [6.07, 6.45) is 4.81. The average Bonchev–Trinajstić information content (AvgIpc) is 2.93. The zero-order chi connectivity index (χ0) is 15.7. The molecule has 0 atom stereocenters. The minimum Gasteiger partial charge on any atom is -0.276 e. The van der Waals surface area contributed by atoms with Gasteiger partial charge in [0, 0.05) is 24.3 Å². The first-order valence-corrected chi connectivity index (χ1v) is 8.38. The lowest BCUT2D eigenvalue weighted by Crippen LogP contribution is -2.13. The number of anilines is 1. The molecule has 0 bridgehead atoms. The number of nitrogens with zero attached hydrogens (tertiary/aromatic N) is 3. The van der Waals surface area contributed by atoms with Crippen molar-refractivity contribution in [2.75, 3.05) is 4.72 Å². The molecule has 0 amide bonds. The van der Waals surface area contributed by atoms with Gasteiger partial charge >= 0.3 is 0 Å². The van der Waals surface area contributed by atoms with E-state index in [0.29, 0.717) is 17.7 Å². The van der Waals surface area contributed by atoms with Crippen LogP contribution in [0.3, 0.4) is 0 Å². The number of hydrogen-bond acceptors (Lipinski definition) is 4. The van der Waals surface area contributed by atoms with Crippen molar-refractivity contribution in [3.05, 3.63) is 48.4 Å². The average molecular weight is 316 g/mol. The van der Waals surface area contributed by atoms with E-state index in [9.17, 15) is 8.42 Å². The van der Waals surface area contributed by atoms with Crippen LogP contribution in [0.5, 0.6) is 0 Å². The maximum Gasteiger partial charge on any atom is 0.264 e. The molecule has 0 radical (unpaired) electrons. The van der Waals surface area contributed by atoms with Gasteiger partial charge in [0.05, 0.1) is 17.4 Å². The molecule has 3 aromatic rings. The Bertz CT molecular complexity index is 932. The Morgan fingerprint density at radius 3 is 2.82 bits per heavy atom. The Morgan fingerprint density at radius 2 is 2.09 bits per heavy atom. The fourth-order valence-corrected chi connectivity index (χ4v) is 3.47. The van der Waals surface area contributed by atoms with Crippen LogP contribution in [0.2, 0.25) is 0 Å². The van der Waals surface area contributed by atoms with E-state index in [2.05, 4.69) is 14.8 Å². The number of para-hydroxylation sites is 1. The van der Waals surface area contributed by atoms with Crippen LogP contribution < -0.4 is 4.72 Å². The lowest BCUT2D eigenvalue weighted by Gasteiger charge is -2.08. The topological polar surface area (TPSA) is 76.9 Å². The molecular formula is C15H16N4O2S. The molecule has 0 aliphatic rings. The summed E-state index contributed by atoms with van der Waals surface area (Å²) in [5, 5.41) is 4.86. The van der Waals surface area contributed by atoms with Crippen molar-refractivity contribution in [2.24, 2.45) is 0 Å². The summed E-state index contributed by atoms with van der Waals surface area (Å²) in [4.78, 5) is 4.43. The third kappa shape index (κ3) is 2.67. The number of fused-ring (bicyclic) bond motifs is 1. The number of aryl methyl sites for hydroxylation is 2. The maximum atomic E-state index is 12.6. The van der Waals surface area contributed by atoms with E-state index in [1.54, 1.807) is 29.2 Å². The Kier molecular flexibility index (Phi) is 3.58. The molecule has 3 rings (SSSR count). The number of aromatic nitrogens is 3. The first-order valence-electron chi connectivity index (χ1n) is 6.90. The molecule has 1 N–H and O–H groups in total. The summed E-state index contributed by atoms with van der Waals surface area (Å²) in [6.45, 7) is 4.53. The summed E-state index contributed by atoms with van der Waals surface area (Å²) >= 11 is 0. The van der Waals surface area contributed by atoms with E-state index >= 15 is 0 Å². The number of rotatable bonds is 4. The van der Waals surface area contributed by atoms with Gasteiger partial charge in [0.25, 0.3) is 10.0 Å². The molecule has 2 heterocycles. The summed E-state index contributed by atoms with van der Waals surface area (Å²) in [6, 6.07) is 7.03. The molecule has 6 nitrogen and oxygen atoms in total. The van der Waals surface area contributed by atoms with Crippen LogP contribution in [0.1, 0.15) is 12.5 Å². The zero-order valence-corrected chi connectivity index (χ0v) is 13.1. The highest BCUT2D eigenvalue weighted by molar-refractivity contribution is 7.93. The van der Waals surface area contributed by atoms with Gasteiger partial charge in [0.15, 0.2) is 0 Å².